The Bertz CT molecular complexity index is 904. The standard InChI is InChI=1S/C25H39N3O6/c1-10-25(7,8)28(19(29)14-27-23(32)34-24(4,5)6)21(22(31)26-15-20(30)33-9)18-12-11-16(2)13-17(18)3/h11-13,21H,10,14-15H2,1-9H3,(H,26,31)(H,27,32). The predicted octanol–water partition coefficient (Wildman–Crippen LogP) is 3.18. The maximum Gasteiger partial charge on any atom is 0.408 e. The molecule has 1 unspecified atom stereocenters. The van der Waals surface area contributed by atoms with Gasteiger partial charge in [0, 0.05) is 5.54 Å². The molecule has 2 N–H and O–H groups in total. The number of benzene rings is 1. The van der Waals surface area contributed by atoms with Gasteiger partial charge in [-0.3, -0.25) is 14.4 Å². The van der Waals surface area contributed by atoms with E-state index in [0.29, 0.717) is 12.0 Å². The molecule has 1 aromatic rings. The summed E-state index contributed by atoms with van der Waals surface area (Å²) in [6.45, 7) is 13.9. The van der Waals surface area contributed by atoms with E-state index in [1.165, 1.54) is 12.0 Å². The minimum Gasteiger partial charge on any atom is -0.468 e. The van der Waals surface area contributed by atoms with Crippen molar-refractivity contribution < 1.29 is 28.7 Å². The van der Waals surface area contributed by atoms with Crippen LogP contribution in [-0.4, -0.2) is 60.1 Å². The van der Waals surface area contributed by atoms with Crippen molar-refractivity contribution in [3.63, 3.8) is 0 Å². The Morgan fingerprint density at radius 2 is 1.62 bits per heavy atom. The minimum absolute atomic E-state index is 0.332. The molecule has 34 heavy (non-hydrogen) atoms. The second-order valence-corrected chi connectivity index (χ2v) is 9.84. The molecule has 9 nitrogen and oxygen atoms in total. The average molecular weight is 478 g/mol. The molecule has 0 aliphatic heterocycles. The number of hydrogen-bond donors (Lipinski definition) is 2. The molecule has 0 aliphatic rings. The number of carbonyl (C=O) groups excluding carboxylic acids is 4. The van der Waals surface area contributed by atoms with E-state index >= 15 is 0 Å². The number of rotatable bonds is 9. The number of ether oxygens (including phenoxy) is 2. The van der Waals surface area contributed by atoms with E-state index in [2.05, 4.69) is 15.4 Å². The van der Waals surface area contributed by atoms with Crippen molar-refractivity contribution >= 4 is 23.9 Å². The highest BCUT2D eigenvalue weighted by Crippen LogP contribution is 2.33. The van der Waals surface area contributed by atoms with Crippen LogP contribution in [0.2, 0.25) is 0 Å². The quantitative estimate of drug-likeness (QED) is 0.528. The Morgan fingerprint density at radius 1 is 1.00 bits per heavy atom. The van der Waals surface area contributed by atoms with Crippen molar-refractivity contribution in [1.82, 2.24) is 15.5 Å². The molecule has 3 amide bonds. The summed E-state index contributed by atoms with van der Waals surface area (Å²) >= 11 is 0. The van der Waals surface area contributed by atoms with Crippen molar-refractivity contribution in [2.24, 2.45) is 0 Å². The zero-order chi connectivity index (χ0) is 26.3. The summed E-state index contributed by atoms with van der Waals surface area (Å²) in [7, 11) is 1.23. The van der Waals surface area contributed by atoms with Gasteiger partial charge in [0.2, 0.25) is 11.8 Å². The molecule has 0 fully saturated rings. The summed E-state index contributed by atoms with van der Waals surface area (Å²) in [5, 5.41) is 5.07. The number of aryl methyl sites for hydroxylation is 2. The van der Waals surface area contributed by atoms with Crippen molar-refractivity contribution in [3.8, 4) is 0 Å². The van der Waals surface area contributed by atoms with Crippen LogP contribution in [0.25, 0.3) is 0 Å². The predicted molar refractivity (Wildman–Crippen MR) is 129 cm³/mol. The van der Waals surface area contributed by atoms with E-state index in [4.69, 9.17) is 4.74 Å². The third-order valence-electron chi connectivity index (χ3n) is 5.43. The van der Waals surface area contributed by atoms with Crippen molar-refractivity contribution in [1.29, 1.82) is 0 Å². The molecule has 0 bridgehead atoms. The first-order chi connectivity index (χ1) is 15.6. The molecule has 0 spiro atoms. The van der Waals surface area contributed by atoms with Gasteiger partial charge in [-0.1, -0.05) is 30.7 Å². The number of nitrogens with one attached hydrogen (secondary N) is 2. The van der Waals surface area contributed by atoms with E-state index in [1.54, 1.807) is 26.8 Å². The molecule has 0 aliphatic carbocycles. The summed E-state index contributed by atoms with van der Waals surface area (Å²) < 4.78 is 9.86. The second kappa shape index (κ2) is 11.9. The van der Waals surface area contributed by atoms with Crippen molar-refractivity contribution in [2.45, 2.75) is 79.0 Å². The normalized spacial score (nSPS) is 12.4. The zero-order valence-corrected chi connectivity index (χ0v) is 21.8. The van der Waals surface area contributed by atoms with E-state index < -0.39 is 41.1 Å². The highest BCUT2D eigenvalue weighted by molar-refractivity contribution is 5.92. The molecule has 9 heteroatoms. The monoisotopic (exact) mass is 477 g/mol. The Morgan fingerprint density at radius 3 is 2.12 bits per heavy atom. The lowest BCUT2D eigenvalue weighted by Gasteiger charge is -2.43. The van der Waals surface area contributed by atoms with Gasteiger partial charge in [0.15, 0.2) is 0 Å². The van der Waals surface area contributed by atoms with Crippen LogP contribution < -0.4 is 10.6 Å². The van der Waals surface area contributed by atoms with Gasteiger partial charge in [0.25, 0.3) is 0 Å². The Kier molecular flexibility index (Phi) is 10.1. The highest BCUT2D eigenvalue weighted by atomic mass is 16.6. The number of alkyl carbamates (subject to hydrolysis) is 1. The summed E-state index contributed by atoms with van der Waals surface area (Å²) in [5.41, 5.74) is 0.986. The van der Waals surface area contributed by atoms with Crippen molar-refractivity contribution in [3.05, 3.63) is 34.9 Å². The first-order valence-corrected chi connectivity index (χ1v) is 11.3. The molecule has 0 saturated carbocycles. The van der Waals surface area contributed by atoms with Crippen molar-refractivity contribution in [2.75, 3.05) is 20.2 Å². The van der Waals surface area contributed by atoms with E-state index in [0.717, 1.165) is 11.1 Å². The van der Waals surface area contributed by atoms with Gasteiger partial charge in [-0.2, -0.15) is 0 Å². The summed E-state index contributed by atoms with van der Waals surface area (Å²) in [6.07, 6.45) is -0.190. The molecule has 0 aromatic heterocycles. The van der Waals surface area contributed by atoms with Gasteiger partial charge in [-0.25, -0.2) is 4.79 Å². The van der Waals surface area contributed by atoms with E-state index in [9.17, 15) is 19.2 Å². The van der Waals surface area contributed by atoms with Crippen LogP contribution in [0, 0.1) is 13.8 Å². The molecule has 1 atom stereocenters. The molecular weight excluding hydrogens is 438 g/mol. The number of esters is 1. The third-order valence-corrected chi connectivity index (χ3v) is 5.43. The number of methoxy groups -OCH3 is 1. The van der Waals surface area contributed by atoms with Gasteiger partial charge in [0.1, 0.15) is 24.7 Å². The van der Waals surface area contributed by atoms with Crippen LogP contribution >= 0.6 is 0 Å². The Labute approximate surface area is 202 Å². The highest BCUT2D eigenvalue weighted by Gasteiger charge is 2.40. The number of amides is 3. The van der Waals surface area contributed by atoms with Gasteiger partial charge < -0.3 is 25.0 Å². The number of carbonyl (C=O) groups is 4. The van der Waals surface area contributed by atoms with E-state index in [-0.39, 0.29) is 13.1 Å². The average Bonchev–Trinajstić information content (AvgIpc) is 2.73. The maximum atomic E-state index is 13.5. The van der Waals surface area contributed by atoms with Crippen LogP contribution in [0.5, 0.6) is 0 Å². The van der Waals surface area contributed by atoms with Gasteiger partial charge in [-0.05, 0) is 66.0 Å². The fourth-order valence-corrected chi connectivity index (χ4v) is 3.41. The molecule has 1 aromatic carbocycles. The fraction of sp³-hybridized carbons (Fsp3) is 0.600. The SMILES string of the molecule is CCC(C)(C)N(C(=O)CNC(=O)OC(C)(C)C)C(C(=O)NCC(=O)OC)c1ccc(C)cc1C. The van der Waals surface area contributed by atoms with Crippen LogP contribution in [0.4, 0.5) is 4.79 Å². The smallest absolute Gasteiger partial charge is 0.408 e. The first kappa shape index (κ1) is 28.9. The molecule has 1 rings (SSSR count). The summed E-state index contributed by atoms with van der Waals surface area (Å²) in [5.74, 6) is -1.59. The lowest BCUT2D eigenvalue weighted by atomic mass is 9.90. The molecular formula is C25H39N3O6. The fourth-order valence-electron chi connectivity index (χ4n) is 3.41. The summed E-state index contributed by atoms with van der Waals surface area (Å²) in [6, 6.07) is 4.56. The molecule has 0 heterocycles. The van der Waals surface area contributed by atoms with Crippen LogP contribution in [0.3, 0.4) is 0 Å². The third kappa shape index (κ3) is 8.35. The lowest BCUT2D eigenvalue weighted by molar-refractivity contribution is -0.148. The minimum atomic E-state index is -1.03. The van der Waals surface area contributed by atoms with Crippen LogP contribution in [0.1, 0.15) is 70.7 Å². The molecule has 0 radical (unpaired) electrons. The van der Waals surface area contributed by atoms with Gasteiger partial charge in [0.05, 0.1) is 7.11 Å². The van der Waals surface area contributed by atoms with Gasteiger partial charge in [-0.15, -0.1) is 0 Å². The van der Waals surface area contributed by atoms with Crippen LogP contribution in [-0.2, 0) is 23.9 Å². The second-order valence-electron chi connectivity index (χ2n) is 9.84. The zero-order valence-electron chi connectivity index (χ0n) is 21.8. The van der Waals surface area contributed by atoms with Gasteiger partial charge >= 0.3 is 12.1 Å². The lowest BCUT2D eigenvalue weighted by Crippen LogP contribution is -2.56. The maximum absolute atomic E-state index is 13.5. The number of hydrogen-bond acceptors (Lipinski definition) is 6. The summed E-state index contributed by atoms with van der Waals surface area (Å²) in [4.78, 5) is 52.2. The van der Waals surface area contributed by atoms with E-state index in [1.807, 2.05) is 46.8 Å². The molecule has 190 valence electrons. The van der Waals surface area contributed by atoms with Crippen LogP contribution in [0.15, 0.2) is 18.2 Å². The Hall–Kier alpha value is -3.10. The topological polar surface area (TPSA) is 114 Å². The number of nitrogens with zero attached hydrogens (tertiary/aromatic N) is 1. The Balaban J connectivity index is 3.42. The first-order valence-electron chi connectivity index (χ1n) is 11.3. The largest absolute Gasteiger partial charge is 0.468 e. The molecule has 0 saturated heterocycles.